The number of hydrogen-bond donors (Lipinski definition) is 1. The van der Waals surface area contributed by atoms with Crippen molar-refractivity contribution in [2.45, 2.75) is 26.6 Å². The van der Waals surface area contributed by atoms with Crippen LogP contribution in [-0.2, 0) is 31.5 Å². The number of fused-ring (bicyclic) bond motifs is 1. The van der Waals surface area contributed by atoms with Crippen molar-refractivity contribution in [2.75, 3.05) is 13.7 Å². The van der Waals surface area contributed by atoms with Crippen molar-refractivity contribution < 1.29 is 4.74 Å². The zero-order valence-electron chi connectivity index (χ0n) is 11.9. The highest BCUT2D eigenvalue weighted by molar-refractivity contribution is 5.71. The second-order valence-corrected chi connectivity index (χ2v) is 4.46. The predicted octanol–water partition coefficient (Wildman–Crippen LogP) is -0.978. The van der Waals surface area contributed by atoms with Gasteiger partial charge in [0.2, 0.25) is 0 Å². The quantitative estimate of drug-likeness (QED) is 0.760. The van der Waals surface area contributed by atoms with Crippen molar-refractivity contribution in [1.82, 2.24) is 18.7 Å². The maximum Gasteiger partial charge on any atom is 0.332 e. The van der Waals surface area contributed by atoms with Gasteiger partial charge in [-0.2, -0.15) is 0 Å². The minimum absolute atomic E-state index is 0.258. The Morgan fingerprint density at radius 3 is 2.55 bits per heavy atom. The highest BCUT2D eigenvalue weighted by Gasteiger charge is 2.19. The van der Waals surface area contributed by atoms with Crippen LogP contribution in [0.1, 0.15) is 12.7 Å². The molecule has 20 heavy (non-hydrogen) atoms. The molecule has 0 aromatic carbocycles. The Kier molecular flexibility index (Phi) is 4.05. The van der Waals surface area contributed by atoms with E-state index in [1.807, 2.05) is 0 Å². The summed E-state index contributed by atoms with van der Waals surface area (Å²) in [6.45, 7) is 3.15. The van der Waals surface area contributed by atoms with Crippen molar-refractivity contribution in [1.29, 1.82) is 0 Å². The zero-order valence-corrected chi connectivity index (χ0v) is 11.9. The van der Waals surface area contributed by atoms with Crippen LogP contribution < -0.4 is 17.0 Å². The van der Waals surface area contributed by atoms with Crippen molar-refractivity contribution >= 4 is 11.2 Å². The van der Waals surface area contributed by atoms with Gasteiger partial charge in [0.05, 0.1) is 0 Å². The molecule has 0 unspecified atom stereocenters. The van der Waals surface area contributed by atoms with E-state index in [1.54, 1.807) is 25.6 Å². The van der Waals surface area contributed by atoms with Crippen LogP contribution in [0.4, 0.5) is 0 Å². The zero-order chi connectivity index (χ0) is 14.9. The monoisotopic (exact) mass is 281 g/mol. The first-order chi connectivity index (χ1) is 9.56. The van der Waals surface area contributed by atoms with Crippen molar-refractivity contribution in [2.24, 2.45) is 12.8 Å². The van der Waals surface area contributed by atoms with Crippen molar-refractivity contribution in [3.05, 3.63) is 26.7 Å². The second kappa shape index (κ2) is 5.59. The molecule has 0 aliphatic carbocycles. The summed E-state index contributed by atoms with van der Waals surface area (Å²) in [5, 5.41) is 0. The molecule has 2 aromatic heterocycles. The van der Waals surface area contributed by atoms with E-state index in [4.69, 9.17) is 10.5 Å². The third-order valence-corrected chi connectivity index (χ3v) is 3.25. The van der Waals surface area contributed by atoms with Gasteiger partial charge in [0, 0.05) is 33.8 Å². The van der Waals surface area contributed by atoms with Crippen LogP contribution in [0.15, 0.2) is 9.59 Å². The van der Waals surface area contributed by atoms with E-state index < -0.39 is 0 Å². The number of rotatable bonds is 5. The Hall–Kier alpha value is -1.93. The molecule has 0 spiro atoms. The summed E-state index contributed by atoms with van der Waals surface area (Å²) in [6, 6.07) is 0. The molecule has 2 N–H and O–H groups in total. The van der Waals surface area contributed by atoms with Gasteiger partial charge in [0.1, 0.15) is 12.4 Å². The fraction of sp³-hybridized carbons (Fsp3) is 0.583. The summed E-state index contributed by atoms with van der Waals surface area (Å²) in [5.41, 5.74) is 5.65. The van der Waals surface area contributed by atoms with E-state index in [0.29, 0.717) is 36.6 Å². The van der Waals surface area contributed by atoms with Gasteiger partial charge in [0.15, 0.2) is 11.2 Å². The predicted molar refractivity (Wildman–Crippen MR) is 74.7 cm³/mol. The van der Waals surface area contributed by atoms with Gasteiger partial charge in [-0.15, -0.1) is 0 Å². The molecule has 2 heterocycles. The van der Waals surface area contributed by atoms with Crippen molar-refractivity contribution in [3.63, 3.8) is 0 Å². The molecule has 8 heteroatoms. The maximum atomic E-state index is 12.5. The van der Waals surface area contributed by atoms with Crippen LogP contribution in [-0.4, -0.2) is 32.3 Å². The van der Waals surface area contributed by atoms with Crippen molar-refractivity contribution in [3.8, 4) is 0 Å². The van der Waals surface area contributed by atoms with E-state index in [0.717, 1.165) is 0 Å². The fourth-order valence-electron chi connectivity index (χ4n) is 2.30. The molecule has 2 rings (SSSR count). The number of nitrogens with two attached hydrogens (primary N) is 1. The Morgan fingerprint density at radius 1 is 1.30 bits per heavy atom. The molecule has 0 aliphatic heterocycles. The number of hydrogen-bond acceptors (Lipinski definition) is 5. The Balaban J connectivity index is 2.92. The standard InChI is InChI=1S/C12H19N5O3/c1-4-16-11(18)9-10(15(2)12(16)19)14-8(7-20-3)17(9)6-5-13/h4-7,13H2,1-3H3. The molecular formula is C12H19N5O3. The summed E-state index contributed by atoms with van der Waals surface area (Å²) in [5.74, 6) is 0.592. The molecule has 0 atom stereocenters. The van der Waals surface area contributed by atoms with Gasteiger partial charge < -0.3 is 15.0 Å². The van der Waals surface area contributed by atoms with Crippen LogP contribution in [0.25, 0.3) is 11.2 Å². The maximum absolute atomic E-state index is 12.5. The number of ether oxygens (including phenoxy) is 1. The molecule has 0 amide bonds. The third kappa shape index (κ3) is 2.06. The lowest BCUT2D eigenvalue weighted by Gasteiger charge is -2.08. The van der Waals surface area contributed by atoms with Crippen LogP contribution in [0.5, 0.6) is 0 Å². The molecule has 2 aromatic rings. The van der Waals surface area contributed by atoms with E-state index in [2.05, 4.69) is 4.98 Å². The third-order valence-electron chi connectivity index (χ3n) is 3.25. The van der Waals surface area contributed by atoms with E-state index in [-0.39, 0.29) is 17.9 Å². The largest absolute Gasteiger partial charge is 0.377 e. The van der Waals surface area contributed by atoms with Crippen LogP contribution in [0.2, 0.25) is 0 Å². The highest BCUT2D eigenvalue weighted by Crippen LogP contribution is 2.11. The number of imidazole rings is 1. The molecular weight excluding hydrogens is 262 g/mol. The van der Waals surface area contributed by atoms with Gasteiger partial charge in [-0.25, -0.2) is 9.78 Å². The first-order valence-electron chi connectivity index (χ1n) is 6.44. The minimum atomic E-state index is -0.369. The minimum Gasteiger partial charge on any atom is -0.377 e. The summed E-state index contributed by atoms with van der Waals surface area (Å²) in [4.78, 5) is 28.9. The lowest BCUT2D eigenvalue weighted by molar-refractivity contribution is 0.174. The Bertz CT molecular complexity index is 740. The first kappa shape index (κ1) is 14.5. The van der Waals surface area contributed by atoms with Gasteiger partial charge in [-0.3, -0.25) is 13.9 Å². The van der Waals surface area contributed by atoms with Gasteiger partial charge in [0.25, 0.3) is 5.56 Å². The highest BCUT2D eigenvalue weighted by atomic mass is 16.5. The summed E-state index contributed by atoms with van der Waals surface area (Å²) < 4.78 is 9.39. The SMILES string of the molecule is CCn1c(=O)c2c(nc(COC)n2CCN)n(C)c1=O. The molecule has 0 saturated carbocycles. The lowest BCUT2D eigenvalue weighted by Crippen LogP contribution is -2.39. The Labute approximate surface area is 115 Å². The smallest absolute Gasteiger partial charge is 0.332 e. The molecule has 0 fully saturated rings. The number of aromatic nitrogens is 4. The number of nitrogens with zero attached hydrogens (tertiary/aromatic N) is 4. The number of aryl methyl sites for hydroxylation is 1. The van der Waals surface area contributed by atoms with Crippen LogP contribution >= 0.6 is 0 Å². The first-order valence-corrected chi connectivity index (χ1v) is 6.44. The molecule has 0 radical (unpaired) electrons. The van der Waals surface area contributed by atoms with E-state index in [1.165, 1.54) is 9.13 Å². The average Bonchev–Trinajstić information content (AvgIpc) is 2.77. The normalized spacial score (nSPS) is 11.4. The summed E-state index contributed by atoms with van der Waals surface area (Å²) in [6.07, 6.45) is 0. The fourth-order valence-corrected chi connectivity index (χ4v) is 2.30. The number of methoxy groups -OCH3 is 1. The summed E-state index contributed by atoms with van der Waals surface area (Å²) >= 11 is 0. The molecule has 0 aliphatic rings. The van der Waals surface area contributed by atoms with Gasteiger partial charge in [-0.05, 0) is 6.92 Å². The van der Waals surface area contributed by atoms with Gasteiger partial charge >= 0.3 is 5.69 Å². The molecule has 0 bridgehead atoms. The van der Waals surface area contributed by atoms with E-state index in [9.17, 15) is 9.59 Å². The lowest BCUT2D eigenvalue weighted by atomic mass is 10.4. The second-order valence-electron chi connectivity index (χ2n) is 4.46. The topological polar surface area (TPSA) is 97.1 Å². The molecule has 0 saturated heterocycles. The van der Waals surface area contributed by atoms with Crippen LogP contribution in [0, 0.1) is 0 Å². The van der Waals surface area contributed by atoms with Crippen LogP contribution in [0.3, 0.4) is 0 Å². The van der Waals surface area contributed by atoms with Gasteiger partial charge in [-0.1, -0.05) is 0 Å². The molecule has 8 nitrogen and oxygen atoms in total. The molecule has 110 valence electrons. The summed E-state index contributed by atoms with van der Waals surface area (Å²) in [7, 11) is 3.15. The van der Waals surface area contributed by atoms with E-state index >= 15 is 0 Å². The Morgan fingerprint density at radius 2 is 2.00 bits per heavy atom. The average molecular weight is 281 g/mol.